The predicted octanol–water partition coefficient (Wildman–Crippen LogP) is 7.10. The predicted molar refractivity (Wildman–Crippen MR) is 119 cm³/mol. The van der Waals surface area contributed by atoms with Crippen LogP contribution in [0.25, 0.3) is 0 Å². The van der Waals surface area contributed by atoms with Crippen LogP contribution in [0.5, 0.6) is 0 Å². The lowest BCUT2D eigenvalue weighted by atomic mass is 10.0. The lowest BCUT2D eigenvalue weighted by molar-refractivity contribution is 0.0688. The average Bonchev–Trinajstić information content (AvgIpc) is 2.87. The van der Waals surface area contributed by atoms with Crippen molar-refractivity contribution < 1.29 is 9.53 Å². The number of nitrogens with zero attached hydrogens (tertiary/aromatic N) is 1. The molecule has 4 nitrogen and oxygen atoms in total. The van der Waals surface area contributed by atoms with E-state index in [9.17, 15) is 4.79 Å². The molecule has 2 atom stereocenters. The minimum absolute atomic E-state index is 0.0108. The van der Waals surface area contributed by atoms with Crippen LogP contribution >= 0.6 is 58.0 Å². The molecule has 0 aliphatic heterocycles. The van der Waals surface area contributed by atoms with Gasteiger partial charge in [0.25, 0.3) is 4.52 Å². The van der Waals surface area contributed by atoms with E-state index in [0.717, 1.165) is 37.8 Å². The second-order valence-electron chi connectivity index (χ2n) is 6.67. The van der Waals surface area contributed by atoms with Crippen LogP contribution in [0, 0.1) is 0 Å². The molecular formula is C19H23Cl5N2O2. The summed E-state index contributed by atoms with van der Waals surface area (Å²) in [4.78, 5) is 14.4. The van der Waals surface area contributed by atoms with Crippen molar-refractivity contribution in [2.45, 2.75) is 48.7 Å². The van der Waals surface area contributed by atoms with Gasteiger partial charge in [-0.05, 0) is 31.0 Å². The topological polar surface area (TPSA) is 41.6 Å². The summed E-state index contributed by atoms with van der Waals surface area (Å²) in [5.41, 5.74) is 0.836. The van der Waals surface area contributed by atoms with Crippen LogP contribution in [0.15, 0.2) is 30.9 Å². The Morgan fingerprint density at radius 3 is 2.61 bits per heavy atom. The second kappa shape index (κ2) is 11.0. The van der Waals surface area contributed by atoms with Gasteiger partial charge < -0.3 is 10.1 Å². The van der Waals surface area contributed by atoms with Gasteiger partial charge in [-0.1, -0.05) is 71.7 Å². The number of carbonyl (C=O) groups excluding carboxylic acids is 1. The normalized spacial score (nSPS) is 20.2. The highest BCUT2D eigenvalue weighted by atomic mass is 35.5. The van der Waals surface area contributed by atoms with Gasteiger partial charge in [-0.3, -0.25) is 4.90 Å². The third-order valence-electron chi connectivity index (χ3n) is 4.60. The van der Waals surface area contributed by atoms with E-state index in [2.05, 4.69) is 11.9 Å². The van der Waals surface area contributed by atoms with Crippen molar-refractivity contribution in [3.05, 3.63) is 40.9 Å². The number of amides is 1. The summed E-state index contributed by atoms with van der Waals surface area (Å²) in [6, 6.07) is 5.23. The lowest BCUT2D eigenvalue weighted by Gasteiger charge is -2.37. The van der Waals surface area contributed by atoms with E-state index in [1.54, 1.807) is 23.1 Å². The van der Waals surface area contributed by atoms with Gasteiger partial charge in [0.05, 0.1) is 22.0 Å². The molecule has 1 fully saturated rings. The van der Waals surface area contributed by atoms with Crippen molar-refractivity contribution in [2.75, 3.05) is 17.7 Å². The standard InChI is InChI=1S/C19H23Cl5N2O2/c1-2-10-26(18(27)28-19(23,24)12-20)17-7-5-3-4-6-16(17)25-13-8-9-14(21)15(22)11-13/h2,8-9,11,16-17,25H,1,3-7,10,12H2. The number of halogens is 5. The highest BCUT2D eigenvalue weighted by molar-refractivity contribution is 6.50. The van der Waals surface area contributed by atoms with Crippen LogP contribution in [0.1, 0.15) is 32.1 Å². The van der Waals surface area contributed by atoms with E-state index < -0.39 is 10.6 Å². The summed E-state index contributed by atoms with van der Waals surface area (Å²) >= 11 is 29.7. The fraction of sp³-hybridized carbons (Fsp3) is 0.526. The summed E-state index contributed by atoms with van der Waals surface area (Å²) in [5.74, 6) is -0.237. The van der Waals surface area contributed by atoms with Crippen molar-refractivity contribution >= 4 is 69.8 Å². The minimum Gasteiger partial charge on any atom is -0.411 e. The molecule has 0 aromatic heterocycles. The largest absolute Gasteiger partial charge is 0.413 e. The minimum atomic E-state index is -1.78. The second-order valence-corrected chi connectivity index (χ2v) is 9.16. The van der Waals surface area contributed by atoms with Crippen molar-refractivity contribution in [1.82, 2.24) is 4.90 Å². The zero-order valence-corrected chi connectivity index (χ0v) is 19.1. The molecule has 0 bridgehead atoms. The lowest BCUT2D eigenvalue weighted by Crippen LogP contribution is -2.50. The molecule has 0 radical (unpaired) electrons. The van der Waals surface area contributed by atoms with Gasteiger partial charge in [0, 0.05) is 18.3 Å². The molecule has 1 saturated carbocycles. The van der Waals surface area contributed by atoms with Crippen LogP contribution in [0.4, 0.5) is 10.5 Å². The van der Waals surface area contributed by atoms with E-state index in [4.69, 9.17) is 62.7 Å². The van der Waals surface area contributed by atoms with Gasteiger partial charge in [-0.2, -0.15) is 0 Å². The van der Waals surface area contributed by atoms with E-state index in [1.807, 2.05) is 6.07 Å². The maximum atomic E-state index is 12.8. The highest BCUT2D eigenvalue weighted by Gasteiger charge is 2.36. The quantitative estimate of drug-likeness (QED) is 0.253. The van der Waals surface area contributed by atoms with Gasteiger partial charge >= 0.3 is 6.09 Å². The number of carbonyl (C=O) groups is 1. The molecule has 0 saturated heterocycles. The van der Waals surface area contributed by atoms with Crippen LogP contribution in [-0.2, 0) is 4.74 Å². The van der Waals surface area contributed by atoms with E-state index in [-0.39, 0.29) is 18.0 Å². The van der Waals surface area contributed by atoms with Crippen molar-refractivity contribution in [1.29, 1.82) is 0 Å². The molecule has 9 heteroatoms. The smallest absolute Gasteiger partial charge is 0.411 e. The van der Waals surface area contributed by atoms with Crippen LogP contribution in [-0.4, -0.2) is 40.0 Å². The Balaban J connectivity index is 2.24. The fourth-order valence-corrected chi connectivity index (χ4v) is 3.81. The summed E-state index contributed by atoms with van der Waals surface area (Å²) < 4.78 is 3.42. The molecule has 156 valence electrons. The Morgan fingerprint density at radius 2 is 1.96 bits per heavy atom. The Labute approximate surface area is 191 Å². The van der Waals surface area contributed by atoms with Crippen molar-refractivity contribution in [3.63, 3.8) is 0 Å². The molecule has 28 heavy (non-hydrogen) atoms. The van der Waals surface area contributed by atoms with Crippen LogP contribution < -0.4 is 5.32 Å². The first-order valence-corrected chi connectivity index (χ1v) is 11.1. The number of rotatable bonds is 7. The zero-order valence-electron chi connectivity index (χ0n) is 15.3. The summed E-state index contributed by atoms with van der Waals surface area (Å²) in [5, 5.41) is 4.45. The monoisotopic (exact) mass is 486 g/mol. The van der Waals surface area contributed by atoms with Crippen molar-refractivity contribution in [2.24, 2.45) is 0 Å². The maximum Gasteiger partial charge on any atom is 0.413 e. The number of anilines is 1. The Kier molecular flexibility index (Phi) is 9.36. The van der Waals surface area contributed by atoms with E-state index >= 15 is 0 Å². The molecular weight excluding hydrogens is 465 g/mol. The zero-order chi connectivity index (χ0) is 20.7. The number of alkyl halides is 3. The summed E-state index contributed by atoms with van der Waals surface area (Å²) in [7, 11) is 0. The first-order chi connectivity index (χ1) is 13.3. The number of benzene rings is 1. The molecule has 1 aliphatic rings. The molecule has 0 spiro atoms. The van der Waals surface area contributed by atoms with Crippen molar-refractivity contribution in [3.8, 4) is 0 Å². The third kappa shape index (κ3) is 6.77. The highest BCUT2D eigenvalue weighted by Crippen LogP contribution is 2.31. The fourth-order valence-electron chi connectivity index (χ4n) is 3.33. The number of ether oxygens (including phenoxy) is 1. The molecule has 0 heterocycles. The molecule has 1 N–H and O–H groups in total. The van der Waals surface area contributed by atoms with Crippen LogP contribution in [0.3, 0.4) is 0 Å². The van der Waals surface area contributed by atoms with Gasteiger partial charge in [-0.25, -0.2) is 4.79 Å². The maximum absolute atomic E-state index is 12.8. The molecule has 2 unspecified atom stereocenters. The van der Waals surface area contributed by atoms with Gasteiger partial charge in [-0.15, -0.1) is 18.2 Å². The first-order valence-electron chi connectivity index (χ1n) is 9.03. The number of nitrogens with one attached hydrogen (secondary N) is 1. The number of hydrogen-bond donors (Lipinski definition) is 1. The van der Waals surface area contributed by atoms with Gasteiger partial charge in [0.2, 0.25) is 0 Å². The van der Waals surface area contributed by atoms with E-state index in [1.165, 1.54) is 0 Å². The third-order valence-corrected chi connectivity index (χ3v) is 6.41. The number of hydrogen-bond acceptors (Lipinski definition) is 3. The summed E-state index contributed by atoms with van der Waals surface area (Å²) in [6.45, 7) is 4.05. The molecule has 2 rings (SSSR count). The molecule has 1 aromatic carbocycles. The summed E-state index contributed by atoms with van der Waals surface area (Å²) in [6.07, 6.45) is 5.83. The Hall–Kier alpha value is -0.520. The SMILES string of the molecule is C=CCN(C(=O)OC(Cl)(Cl)CCl)C1CCCCCC1Nc1ccc(Cl)c(Cl)c1. The average molecular weight is 489 g/mol. The molecule has 1 aliphatic carbocycles. The van der Waals surface area contributed by atoms with Gasteiger partial charge in [0.15, 0.2) is 0 Å². The Bertz CT molecular complexity index is 686. The van der Waals surface area contributed by atoms with Crippen LogP contribution in [0.2, 0.25) is 10.0 Å². The molecule has 1 amide bonds. The molecule has 1 aromatic rings. The van der Waals surface area contributed by atoms with Gasteiger partial charge in [0.1, 0.15) is 0 Å². The first kappa shape index (κ1) is 23.8. The Morgan fingerprint density at radius 1 is 1.25 bits per heavy atom. The van der Waals surface area contributed by atoms with E-state index in [0.29, 0.717) is 16.6 Å².